The second kappa shape index (κ2) is 5.66. The molecule has 0 radical (unpaired) electrons. The van der Waals surface area contributed by atoms with Crippen LogP contribution in [-0.2, 0) is 0 Å². The molecular weight excluding hydrogens is 275 g/mol. The van der Waals surface area contributed by atoms with Gasteiger partial charge in [0.25, 0.3) is 0 Å². The van der Waals surface area contributed by atoms with Crippen LogP contribution in [0.1, 0.15) is 0 Å². The zero-order chi connectivity index (χ0) is 11.0. The topological polar surface area (TPSA) is 63.3 Å². The summed E-state index contributed by atoms with van der Waals surface area (Å²) in [7, 11) is 0. The van der Waals surface area contributed by atoms with E-state index in [-0.39, 0.29) is 30.6 Å². The van der Waals surface area contributed by atoms with Gasteiger partial charge in [-0.2, -0.15) is 5.10 Å². The van der Waals surface area contributed by atoms with Gasteiger partial charge in [-0.3, -0.25) is 4.98 Å². The Morgan fingerprint density at radius 2 is 1.83 bits per heavy atom. The summed E-state index contributed by atoms with van der Waals surface area (Å²) in [6.07, 6.45) is 5.04. The van der Waals surface area contributed by atoms with E-state index in [1.165, 1.54) is 0 Å². The predicted octanol–water partition coefficient (Wildman–Crippen LogP) is 2.34. The van der Waals surface area contributed by atoms with Gasteiger partial charge in [-0.15, -0.1) is 24.8 Å². The Kier molecular flexibility index (Phi) is 4.47. The molecule has 18 heavy (non-hydrogen) atoms. The van der Waals surface area contributed by atoms with Crippen LogP contribution in [0.15, 0.2) is 42.9 Å². The molecular formula is C11H10Cl2N4O. The highest BCUT2D eigenvalue weighted by Crippen LogP contribution is 2.23. The van der Waals surface area contributed by atoms with Gasteiger partial charge in [-0.25, -0.2) is 9.50 Å². The van der Waals surface area contributed by atoms with E-state index in [1.807, 2.05) is 6.07 Å². The molecule has 3 aromatic rings. The van der Waals surface area contributed by atoms with Gasteiger partial charge in [0.15, 0.2) is 5.65 Å². The van der Waals surface area contributed by atoms with Crippen molar-refractivity contribution in [3.05, 3.63) is 42.9 Å². The van der Waals surface area contributed by atoms with Gasteiger partial charge in [0.2, 0.25) is 0 Å². The monoisotopic (exact) mass is 284 g/mol. The summed E-state index contributed by atoms with van der Waals surface area (Å²) < 4.78 is 1.64. The van der Waals surface area contributed by atoms with Crippen LogP contribution in [-0.4, -0.2) is 24.7 Å². The van der Waals surface area contributed by atoms with E-state index in [2.05, 4.69) is 15.1 Å². The van der Waals surface area contributed by atoms with Crippen LogP contribution in [0.2, 0.25) is 0 Å². The first-order valence-corrected chi connectivity index (χ1v) is 4.79. The molecule has 0 bridgehead atoms. The molecule has 3 aromatic heterocycles. The summed E-state index contributed by atoms with van der Waals surface area (Å²) in [5, 5.41) is 14.0. The average molecular weight is 285 g/mol. The Morgan fingerprint density at radius 1 is 1.00 bits per heavy atom. The Bertz CT molecular complexity index is 656. The summed E-state index contributed by atoms with van der Waals surface area (Å²) in [6, 6.07) is 6.87. The second-order valence-corrected chi connectivity index (χ2v) is 3.32. The third kappa shape index (κ3) is 2.37. The molecule has 94 valence electrons. The van der Waals surface area contributed by atoms with Crippen molar-refractivity contribution in [1.29, 1.82) is 0 Å². The quantitative estimate of drug-likeness (QED) is 0.745. The van der Waals surface area contributed by atoms with Gasteiger partial charge in [0.05, 0.1) is 0 Å². The maximum absolute atomic E-state index is 9.66. The van der Waals surface area contributed by atoms with Crippen molar-refractivity contribution in [2.75, 3.05) is 0 Å². The highest BCUT2D eigenvalue weighted by atomic mass is 35.5. The first kappa shape index (κ1) is 14.2. The molecule has 0 aliphatic heterocycles. The normalized spacial score (nSPS) is 9.56. The molecule has 3 rings (SSSR count). The van der Waals surface area contributed by atoms with Crippen LogP contribution >= 0.6 is 24.8 Å². The van der Waals surface area contributed by atoms with Crippen LogP contribution < -0.4 is 0 Å². The molecule has 0 amide bonds. The zero-order valence-corrected chi connectivity index (χ0v) is 10.7. The van der Waals surface area contributed by atoms with Gasteiger partial charge in [0.1, 0.15) is 17.1 Å². The number of rotatable bonds is 1. The van der Waals surface area contributed by atoms with Crippen LogP contribution in [0, 0.1) is 0 Å². The molecule has 7 heteroatoms. The summed E-state index contributed by atoms with van der Waals surface area (Å²) in [4.78, 5) is 8.19. The lowest BCUT2D eigenvalue weighted by atomic mass is 10.2. The number of pyridine rings is 1. The standard InChI is InChI=1S/C11H8N4O.2ClH/c16-9-2-1-5-13-11(9)8-3-4-10-12-6-7-15(10)14-8;;/h1-7,16H;2*1H. The summed E-state index contributed by atoms with van der Waals surface area (Å²) in [5.74, 6) is 0.120. The van der Waals surface area contributed by atoms with Crippen LogP contribution in [0.25, 0.3) is 17.0 Å². The van der Waals surface area contributed by atoms with Crippen LogP contribution in [0.3, 0.4) is 0 Å². The van der Waals surface area contributed by atoms with Gasteiger partial charge < -0.3 is 5.11 Å². The van der Waals surface area contributed by atoms with Crippen molar-refractivity contribution in [1.82, 2.24) is 19.6 Å². The fourth-order valence-corrected chi connectivity index (χ4v) is 1.54. The van der Waals surface area contributed by atoms with Crippen molar-refractivity contribution < 1.29 is 5.11 Å². The number of aromatic nitrogens is 4. The highest BCUT2D eigenvalue weighted by Gasteiger charge is 2.07. The first-order valence-electron chi connectivity index (χ1n) is 4.79. The second-order valence-electron chi connectivity index (χ2n) is 3.32. The Morgan fingerprint density at radius 3 is 2.61 bits per heavy atom. The van der Waals surface area contributed by atoms with Gasteiger partial charge in [-0.1, -0.05) is 0 Å². The fraction of sp³-hybridized carbons (Fsp3) is 0. The van der Waals surface area contributed by atoms with Crippen molar-refractivity contribution >= 4 is 30.5 Å². The molecule has 5 nitrogen and oxygen atoms in total. The van der Waals surface area contributed by atoms with E-state index in [0.717, 1.165) is 5.65 Å². The molecule has 0 saturated carbocycles. The molecule has 1 N–H and O–H groups in total. The number of hydrogen-bond donors (Lipinski definition) is 1. The van der Waals surface area contributed by atoms with E-state index in [0.29, 0.717) is 11.4 Å². The largest absolute Gasteiger partial charge is 0.506 e. The number of aromatic hydroxyl groups is 1. The SMILES string of the molecule is Cl.Cl.Oc1cccnc1-c1ccc2nccn2n1. The molecule has 0 aliphatic carbocycles. The van der Waals surface area contributed by atoms with E-state index in [1.54, 1.807) is 41.3 Å². The minimum Gasteiger partial charge on any atom is -0.506 e. The zero-order valence-electron chi connectivity index (χ0n) is 9.09. The first-order chi connectivity index (χ1) is 7.84. The third-order valence-electron chi connectivity index (χ3n) is 2.28. The van der Waals surface area contributed by atoms with Crippen molar-refractivity contribution in [3.8, 4) is 17.1 Å². The minimum atomic E-state index is 0. The number of fused-ring (bicyclic) bond motifs is 1. The van der Waals surface area contributed by atoms with Gasteiger partial charge in [-0.05, 0) is 24.3 Å². The van der Waals surface area contributed by atoms with Gasteiger partial charge in [0, 0.05) is 18.6 Å². The van der Waals surface area contributed by atoms with Crippen molar-refractivity contribution in [2.24, 2.45) is 0 Å². The Balaban J connectivity index is 0.000000810. The summed E-state index contributed by atoms with van der Waals surface area (Å²) in [6.45, 7) is 0. The van der Waals surface area contributed by atoms with Crippen LogP contribution in [0.4, 0.5) is 0 Å². The molecule has 0 aliphatic rings. The molecule has 0 aromatic carbocycles. The molecule has 3 heterocycles. The number of imidazole rings is 1. The van der Waals surface area contributed by atoms with Crippen molar-refractivity contribution in [3.63, 3.8) is 0 Å². The average Bonchev–Trinajstić information content (AvgIpc) is 2.76. The Labute approximate surface area is 115 Å². The van der Waals surface area contributed by atoms with E-state index in [4.69, 9.17) is 0 Å². The Hall–Kier alpha value is -1.85. The third-order valence-corrected chi connectivity index (χ3v) is 2.28. The highest BCUT2D eigenvalue weighted by molar-refractivity contribution is 5.85. The lowest BCUT2D eigenvalue weighted by Crippen LogP contribution is -1.94. The summed E-state index contributed by atoms with van der Waals surface area (Å²) >= 11 is 0. The maximum Gasteiger partial charge on any atom is 0.153 e. The molecule has 0 fully saturated rings. The smallest absolute Gasteiger partial charge is 0.153 e. The van der Waals surface area contributed by atoms with E-state index < -0.39 is 0 Å². The van der Waals surface area contributed by atoms with E-state index in [9.17, 15) is 5.11 Å². The number of hydrogen-bond acceptors (Lipinski definition) is 4. The van der Waals surface area contributed by atoms with E-state index >= 15 is 0 Å². The molecule has 0 saturated heterocycles. The van der Waals surface area contributed by atoms with Crippen molar-refractivity contribution in [2.45, 2.75) is 0 Å². The predicted molar refractivity (Wildman–Crippen MR) is 72.4 cm³/mol. The molecule has 0 unspecified atom stereocenters. The molecule has 0 atom stereocenters. The van der Waals surface area contributed by atoms with Gasteiger partial charge >= 0.3 is 0 Å². The lowest BCUT2D eigenvalue weighted by molar-refractivity contribution is 0.474. The number of nitrogens with zero attached hydrogens (tertiary/aromatic N) is 4. The molecule has 0 spiro atoms. The maximum atomic E-state index is 9.66. The van der Waals surface area contributed by atoms with Crippen LogP contribution in [0.5, 0.6) is 5.75 Å². The fourth-order valence-electron chi connectivity index (χ4n) is 1.54. The summed E-state index contributed by atoms with van der Waals surface area (Å²) in [5.41, 5.74) is 1.85. The lowest BCUT2D eigenvalue weighted by Gasteiger charge is -2.02. The number of halogens is 2. The minimum absolute atomic E-state index is 0.